The molecule has 0 aliphatic carbocycles. The minimum Gasteiger partial charge on any atom is -0.340 e. The lowest BCUT2D eigenvalue weighted by molar-refractivity contribution is -0.159. The van der Waals surface area contributed by atoms with Crippen molar-refractivity contribution in [3.05, 3.63) is 70.0 Å². The molecular weight excluding hydrogens is 514 g/mol. The Morgan fingerprint density at radius 1 is 1.06 bits per heavy atom. The van der Waals surface area contributed by atoms with Crippen molar-refractivity contribution in [2.75, 3.05) is 24.6 Å². The van der Waals surface area contributed by atoms with E-state index in [9.17, 15) is 35.9 Å². The second kappa shape index (κ2) is 9.99. The summed E-state index contributed by atoms with van der Waals surface area (Å²) in [6.07, 6.45) is -8.25. The van der Waals surface area contributed by atoms with E-state index >= 15 is 0 Å². The van der Waals surface area contributed by atoms with Crippen molar-refractivity contribution >= 4 is 17.7 Å². The number of hydrogen-bond acceptors (Lipinski definition) is 6. The van der Waals surface area contributed by atoms with Gasteiger partial charge in [0.15, 0.2) is 0 Å². The van der Waals surface area contributed by atoms with Gasteiger partial charge in [0.2, 0.25) is 11.7 Å². The number of hydrogen-bond donors (Lipinski definition) is 0. The summed E-state index contributed by atoms with van der Waals surface area (Å²) in [5, 5.41) is 3.23. The number of aromatic nitrogens is 3. The van der Waals surface area contributed by atoms with E-state index in [1.54, 1.807) is 16.7 Å². The Morgan fingerprint density at radius 3 is 2.39 bits per heavy atom. The lowest BCUT2D eigenvalue weighted by atomic mass is 9.95. The highest BCUT2D eigenvalue weighted by molar-refractivity contribution is 7.99. The Bertz CT molecular complexity index is 1300. The summed E-state index contributed by atoms with van der Waals surface area (Å²) in [4.78, 5) is 30.9. The molecule has 1 amide bonds. The summed E-state index contributed by atoms with van der Waals surface area (Å²) in [5.74, 6) is -2.18. The standard InChI is InChI=1S/C22H18F6N4O3S/c23-21(24,25)15-3-1-2-13(10-15)16(19(34)31-6-8-36-9-7-31)12-32-5-4-14(11-17(32)33)18-29-20(35-30-18)22(26,27)28/h1-5,10-11,16H,6-9,12H2. The van der Waals surface area contributed by atoms with Gasteiger partial charge in [-0.2, -0.15) is 43.1 Å². The number of halogens is 6. The Morgan fingerprint density at radius 2 is 1.78 bits per heavy atom. The molecule has 192 valence electrons. The van der Waals surface area contributed by atoms with Crippen molar-refractivity contribution in [3.63, 3.8) is 0 Å². The number of rotatable bonds is 5. The second-order valence-corrected chi connectivity index (χ2v) is 9.17. The zero-order chi connectivity index (χ0) is 26.1. The summed E-state index contributed by atoms with van der Waals surface area (Å²) >= 11 is 1.65. The molecule has 0 radical (unpaired) electrons. The van der Waals surface area contributed by atoms with Gasteiger partial charge in [-0.3, -0.25) is 9.59 Å². The monoisotopic (exact) mass is 532 g/mol. The first-order valence-electron chi connectivity index (χ1n) is 10.6. The number of nitrogens with zero attached hydrogens (tertiary/aromatic N) is 4. The van der Waals surface area contributed by atoms with Crippen LogP contribution in [-0.4, -0.2) is 50.1 Å². The van der Waals surface area contributed by atoms with Crippen LogP contribution in [0.3, 0.4) is 0 Å². The molecule has 1 atom stereocenters. The zero-order valence-corrected chi connectivity index (χ0v) is 19.2. The molecule has 7 nitrogen and oxygen atoms in total. The van der Waals surface area contributed by atoms with Crippen LogP contribution >= 0.6 is 11.8 Å². The largest absolute Gasteiger partial charge is 0.471 e. The molecule has 1 fully saturated rings. The van der Waals surface area contributed by atoms with Gasteiger partial charge < -0.3 is 14.0 Å². The van der Waals surface area contributed by atoms with Gasteiger partial charge in [0.1, 0.15) is 0 Å². The van der Waals surface area contributed by atoms with E-state index in [1.807, 2.05) is 0 Å². The Kier molecular flexibility index (Phi) is 7.16. The first-order valence-corrected chi connectivity index (χ1v) is 11.7. The fourth-order valence-corrected chi connectivity index (χ4v) is 4.62. The number of alkyl halides is 6. The van der Waals surface area contributed by atoms with Crippen LogP contribution in [-0.2, 0) is 23.7 Å². The summed E-state index contributed by atoms with van der Waals surface area (Å²) in [6, 6.07) is 6.61. The molecule has 0 saturated carbocycles. The zero-order valence-electron chi connectivity index (χ0n) is 18.3. The molecule has 0 bridgehead atoms. The van der Waals surface area contributed by atoms with Crippen LogP contribution in [0.5, 0.6) is 0 Å². The van der Waals surface area contributed by atoms with Crippen LogP contribution in [0.25, 0.3) is 11.4 Å². The predicted octanol–water partition coefficient (Wildman–Crippen LogP) is 4.30. The van der Waals surface area contributed by atoms with Gasteiger partial charge >= 0.3 is 18.2 Å². The van der Waals surface area contributed by atoms with E-state index < -0.39 is 47.0 Å². The van der Waals surface area contributed by atoms with Gasteiger partial charge in [-0.1, -0.05) is 23.4 Å². The highest BCUT2D eigenvalue weighted by Crippen LogP contribution is 2.33. The van der Waals surface area contributed by atoms with Crippen molar-refractivity contribution in [1.82, 2.24) is 19.6 Å². The third-order valence-corrected chi connectivity index (χ3v) is 6.48. The summed E-state index contributed by atoms with van der Waals surface area (Å²) in [6.45, 7) is 0.571. The minimum atomic E-state index is -4.86. The number of amides is 1. The van der Waals surface area contributed by atoms with E-state index in [0.717, 1.165) is 22.8 Å². The third-order valence-electron chi connectivity index (χ3n) is 5.54. The molecule has 3 aromatic rings. The van der Waals surface area contributed by atoms with Gasteiger partial charge in [-0.15, -0.1) is 0 Å². The SMILES string of the molecule is O=C(C(Cn1ccc(-c2noc(C(F)(F)F)n2)cc1=O)c1cccc(C(F)(F)F)c1)N1CCSCC1. The minimum absolute atomic E-state index is 0.0505. The first-order chi connectivity index (χ1) is 16.9. The van der Waals surface area contributed by atoms with E-state index in [1.165, 1.54) is 24.4 Å². The van der Waals surface area contributed by atoms with Crippen LogP contribution in [0.15, 0.2) is 51.9 Å². The molecule has 1 saturated heterocycles. The second-order valence-electron chi connectivity index (χ2n) is 7.94. The summed E-state index contributed by atoms with van der Waals surface area (Å²) < 4.78 is 83.4. The van der Waals surface area contributed by atoms with E-state index in [2.05, 4.69) is 14.7 Å². The highest BCUT2D eigenvalue weighted by Gasteiger charge is 2.38. The first kappa shape index (κ1) is 25.8. The molecule has 1 unspecified atom stereocenters. The van der Waals surface area contributed by atoms with E-state index in [-0.39, 0.29) is 17.7 Å². The van der Waals surface area contributed by atoms with Gasteiger partial charge in [0.25, 0.3) is 5.56 Å². The summed E-state index contributed by atoms with van der Waals surface area (Å²) in [5.41, 5.74) is -1.58. The smallest absolute Gasteiger partial charge is 0.340 e. The fraction of sp³-hybridized carbons (Fsp3) is 0.364. The van der Waals surface area contributed by atoms with Crippen LogP contribution in [0.2, 0.25) is 0 Å². The van der Waals surface area contributed by atoms with Crippen molar-refractivity contribution < 1.29 is 35.7 Å². The van der Waals surface area contributed by atoms with Crippen LogP contribution in [0.4, 0.5) is 26.3 Å². The van der Waals surface area contributed by atoms with E-state index in [0.29, 0.717) is 24.6 Å². The van der Waals surface area contributed by atoms with Gasteiger partial charge in [-0.05, 0) is 17.7 Å². The molecule has 14 heteroatoms. The maximum atomic E-state index is 13.3. The van der Waals surface area contributed by atoms with Crippen LogP contribution in [0, 0.1) is 0 Å². The molecular formula is C22H18F6N4O3S. The van der Waals surface area contributed by atoms with Crippen molar-refractivity contribution in [1.29, 1.82) is 0 Å². The predicted molar refractivity (Wildman–Crippen MR) is 117 cm³/mol. The molecule has 1 aliphatic rings. The maximum Gasteiger partial charge on any atom is 0.471 e. The molecule has 1 aliphatic heterocycles. The quantitative estimate of drug-likeness (QED) is 0.456. The molecule has 4 rings (SSSR count). The lowest BCUT2D eigenvalue weighted by Gasteiger charge is -2.31. The van der Waals surface area contributed by atoms with Gasteiger partial charge in [-0.25, -0.2) is 0 Å². The number of thioether (sulfide) groups is 1. The highest BCUT2D eigenvalue weighted by atomic mass is 32.2. The molecule has 0 spiro atoms. The number of benzene rings is 1. The normalized spacial score (nSPS) is 15.7. The maximum absolute atomic E-state index is 13.3. The molecule has 2 aromatic heterocycles. The molecule has 0 N–H and O–H groups in total. The number of pyridine rings is 1. The van der Waals surface area contributed by atoms with Crippen LogP contribution in [0.1, 0.15) is 22.9 Å². The fourth-order valence-electron chi connectivity index (χ4n) is 3.71. The van der Waals surface area contributed by atoms with E-state index in [4.69, 9.17) is 0 Å². The van der Waals surface area contributed by atoms with Gasteiger partial charge in [0.05, 0.1) is 11.5 Å². The number of carbonyl (C=O) groups excluding carboxylic acids is 1. The molecule has 36 heavy (non-hydrogen) atoms. The van der Waals surface area contributed by atoms with Crippen molar-refractivity contribution in [2.45, 2.75) is 24.8 Å². The van der Waals surface area contributed by atoms with Crippen molar-refractivity contribution in [2.24, 2.45) is 0 Å². The van der Waals surface area contributed by atoms with Crippen molar-refractivity contribution in [3.8, 4) is 11.4 Å². The average molecular weight is 532 g/mol. The van der Waals surface area contributed by atoms with Crippen LogP contribution < -0.4 is 5.56 Å². The summed E-state index contributed by atoms with van der Waals surface area (Å²) in [7, 11) is 0. The Balaban J connectivity index is 1.66. The Hall–Kier alpha value is -3.29. The number of carbonyl (C=O) groups is 1. The topological polar surface area (TPSA) is 81.2 Å². The molecule has 1 aromatic carbocycles. The average Bonchev–Trinajstić information content (AvgIpc) is 3.34. The van der Waals surface area contributed by atoms with Gasteiger partial charge in [0, 0.05) is 49.0 Å². The lowest BCUT2D eigenvalue weighted by Crippen LogP contribution is -2.42. The third kappa shape index (κ3) is 5.74. The Labute approximate surface area is 204 Å². The molecule has 3 heterocycles.